The molecule has 3 aromatic carbocycles. The summed E-state index contributed by atoms with van der Waals surface area (Å²) in [7, 11) is 0. The average molecular weight is 362 g/mol. The summed E-state index contributed by atoms with van der Waals surface area (Å²) in [5.74, 6) is 1.99. The van der Waals surface area contributed by atoms with Crippen LogP contribution in [-0.2, 0) is 19.3 Å². The molecule has 2 aliphatic rings. The summed E-state index contributed by atoms with van der Waals surface area (Å²) in [6.45, 7) is 2.02. The zero-order chi connectivity index (χ0) is 18.7. The molecule has 136 valence electrons. The number of fused-ring (bicyclic) bond motifs is 3. The summed E-state index contributed by atoms with van der Waals surface area (Å²) in [6, 6.07) is 22.2. The van der Waals surface area contributed by atoms with Gasteiger partial charge in [-0.3, -0.25) is 0 Å². The van der Waals surface area contributed by atoms with E-state index in [2.05, 4.69) is 66.7 Å². The normalized spacial score (nSPS) is 15.0. The molecule has 2 aliphatic carbocycles. The van der Waals surface area contributed by atoms with E-state index >= 15 is 0 Å². The lowest BCUT2D eigenvalue weighted by Crippen LogP contribution is -1.96. The molecule has 0 spiro atoms. The molecule has 0 saturated heterocycles. The average Bonchev–Trinajstić information content (AvgIpc) is 3.44. The second-order valence-corrected chi connectivity index (χ2v) is 8.13. The second-order valence-electron chi connectivity index (χ2n) is 8.13. The summed E-state index contributed by atoms with van der Waals surface area (Å²) in [5.41, 5.74) is 10.1. The van der Waals surface area contributed by atoms with Crippen molar-refractivity contribution in [3.05, 3.63) is 94.4 Å². The Labute approximate surface area is 165 Å². The number of aryl methyl sites for hydroxylation is 2. The molecule has 6 rings (SSSR count). The fourth-order valence-electron chi connectivity index (χ4n) is 5.00. The van der Waals surface area contributed by atoms with Gasteiger partial charge in [-0.2, -0.15) is 0 Å². The lowest BCUT2D eigenvalue weighted by molar-refractivity contribution is 0.521. The monoisotopic (exact) mass is 362 g/mol. The highest BCUT2D eigenvalue weighted by atomic mass is 16.3. The van der Waals surface area contributed by atoms with Gasteiger partial charge in [0.1, 0.15) is 11.5 Å². The van der Waals surface area contributed by atoms with Crippen LogP contribution in [0.2, 0.25) is 0 Å². The Morgan fingerprint density at radius 1 is 0.821 bits per heavy atom. The lowest BCUT2D eigenvalue weighted by atomic mass is 9.89. The standard InChI is InChI=1S/C27H22O/c1-17-9-12-26(28-17)23-15-22-14-20-7-4-8-24(20)27(25(22)16-23)21-11-10-18-5-2-3-6-19(18)13-21/h2-3,5-6,9-14,16H,4,7-8,15H2,1H3. The number of benzene rings is 3. The molecule has 0 atom stereocenters. The van der Waals surface area contributed by atoms with E-state index in [0.717, 1.165) is 17.9 Å². The maximum absolute atomic E-state index is 5.93. The molecule has 1 nitrogen and oxygen atoms in total. The van der Waals surface area contributed by atoms with E-state index in [1.54, 1.807) is 11.1 Å². The van der Waals surface area contributed by atoms with Crippen LogP contribution in [0.25, 0.3) is 33.5 Å². The Morgan fingerprint density at radius 3 is 2.57 bits per heavy atom. The van der Waals surface area contributed by atoms with Crippen molar-refractivity contribution in [1.29, 1.82) is 0 Å². The van der Waals surface area contributed by atoms with Gasteiger partial charge in [-0.15, -0.1) is 0 Å². The van der Waals surface area contributed by atoms with Crippen LogP contribution in [0.15, 0.2) is 65.1 Å². The molecule has 0 amide bonds. The first-order chi connectivity index (χ1) is 13.8. The molecule has 0 unspecified atom stereocenters. The number of furan rings is 1. The highest BCUT2D eigenvalue weighted by molar-refractivity contribution is 5.96. The fourth-order valence-corrected chi connectivity index (χ4v) is 5.00. The van der Waals surface area contributed by atoms with Gasteiger partial charge in [0.25, 0.3) is 0 Å². The van der Waals surface area contributed by atoms with Crippen molar-refractivity contribution in [3.63, 3.8) is 0 Å². The highest BCUT2D eigenvalue weighted by Crippen LogP contribution is 2.44. The second kappa shape index (κ2) is 5.97. The van der Waals surface area contributed by atoms with Crippen LogP contribution in [0.3, 0.4) is 0 Å². The van der Waals surface area contributed by atoms with E-state index in [4.69, 9.17) is 4.42 Å². The third-order valence-corrected chi connectivity index (χ3v) is 6.32. The van der Waals surface area contributed by atoms with Gasteiger partial charge in [0.2, 0.25) is 0 Å². The topological polar surface area (TPSA) is 13.1 Å². The first-order valence-corrected chi connectivity index (χ1v) is 10.2. The Morgan fingerprint density at radius 2 is 1.71 bits per heavy atom. The van der Waals surface area contributed by atoms with E-state index in [1.807, 2.05) is 6.92 Å². The summed E-state index contributed by atoms with van der Waals surface area (Å²) in [4.78, 5) is 0. The van der Waals surface area contributed by atoms with Crippen LogP contribution in [-0.4, -0.2) is 0 Å². The Balaban J connectivity index is 1.58. The van der Waals surface area contributed by atoms with Crippen molar-refractivity contribution in [2.45, 2.75) is 32.6 Å². The molecule has 0 saturated carbocycles. The molecular formula is C27H22O. The fraction of sp³-hybridized carbons (Fsp3) is 0.185. The molecular weight excluding hydrogens is 340 g/mol. The quantitative estimate of drug-likeness (QED) is 0.374. The van der Waals surface area contributed by atoms with E-state index in [-0.39, 0.29) is 0 Å². The van der Waals surface area contributed by atoms with Crippen molar-refractivity contribution in [2.75, 3.05) is 0 Å². The van der Waals surface area contributed by atoms with E-state index in [1.165, 1.54) is 57.9 Å². The van der Waals surface area contributed by atoms with Gasteiger partial charge in [-0.25, -0.2) is 0 Å². The number of hydrogen-bond donors (Lipinski definition) is 0. The molecule has 28 heavy (non-hydrogen) atoms. The molecule has 1 heteroatoms. The van der Waals surface area contributed by atoms with Crippen LogP contribution in [0, 0.1) is 6.92 Å². The number of allylic oxidation sites excluding steroid dienone is 1. The summed E-state index contributed by atoms with van der Waals surface area (Å²) in [6.07, 6.45) is 7.01. The summed E-state index contributed by atoms with van der Waals surface area (Å²) >= 11 is 0. The van der Waals surface area contributed by atoms with E-state index < -0.39 is 0 Å². The minimum Gasteiger partial charge on any atom is -0.462 e. The van der Waals surface area contributed by atoms with Crippen molar-refractivity contribution < 1.29 is 4.42 Å². The van der Waals surface area contributed by atoms with Crippen LogP contribution in [0.4, 0.5) is 0 Å². The molecule has 0 radical (unpaired) electrons. The maximum atomic E-state index is 5.93. The zero-order valence-corrected chi connectivity index (χ0v) is 16.1. The van der Waals surface area contributed by atoms with Gasteiger partial charge in [-0.1, -0.05) is 42.5 Å². The Kier molecular flexibility index (Phi) is 3.40. The Bertz CT molecular complexity index is 1270. The Hall–Kier alpha value is -3.06. The van der Waals surface area contributed by atoms with Gasteiger partial charge < -0.3 is 4.42 Å². The van der Waals surface area contributed by atoms with Crippen LogP contribution in [0.1, 0.15) is 40.2 Å². The van der Waals surface area contributed by atoms with Crippen molar-refractivity contribution in [1.82, 2.24) is 0 Å². The van der Waals surface area contributed by atoms with Gasteiger partial charge in [-0.05, 0) is 100 Å². The molecule has 1 heterocycles. The van der Waals surface area contributed by atoms with Gasteiger partial charge in [0, 0.05) is 6.42 Å². The molecule has 4 aromatic rings. The lowest BCUT2D eigenvalue weighted by Gasteiger charge is -2.15. The molecule has 0 bridgehead atoms. The first-order valence-electron chi connectivity index (χ1n) is 10.2. The smallest absolute Gasteiger partial charge is 0.130 e. The SMILES string of the molecule is Cc1ccc(C2=Cc3c(cc4c(c3-c3ccc5ccccc5c3)CCC4)C2)o1. The minimum absolute atomic E-state index is 0.968. The van der Waals surface area contributed by atoms with Crippen LogP contribution >= 0.6 is 0 Å². The van der Waals surface area contributed by atoms with Gasteiger partial charge >= 0.3 is 0 Å². The molecule has 0 N–H and O–H groups in total. The molecule has 0 fully saturated rings. The molecule has 0 aliphatic heterocycles. The van der Waals surface area contributed by atoms with Crippen molar-refractivity contribution in [2.24, 2.45) is 0 Å². The third-order valence-electron chi connectivity index (χ3n) is 6.32. The van der Waals surface area contributed by atoms with E-state index in [0.29, 0.717) is 0 Å². The predicted molar refractivity (Wildman–Crippen MR) is 116 cm³/mol. The minimum atomic E-state index is 0.968. The first kappa shape index (κ1) is 15.9. The number of hydrogen-bond acceptors (Lipinski definition) is 1. The number of rotatable bonds is 2. The van der Waals surface area contributed by atoms with E-state index in [9.17, 15) is 0 Å². The maximum Gasteiger partial charge on any atom is 0.130 e. The molecule has 1 aromatic heterocycles. The van der Waals surface area contributed by atoms with Crippen molar-refractivity contribution >= 4 is 22.4 Å². The third kappa shape index (κ3) is 2.39. The summed E-state index contributed by atoms with van der Waals surface area (Å²) < 4.78 is 5.93. The van der Waals surface area contributed by atoms with Gasteiger partial charge in [0.15, 0.2) is 0 Å². The van der Waals surface area contributed by atoms with Gasteiger partial charge in [0.05, 0.1) is 0 Å². The van der Waals surface area contributed by atoms with Crippen LogP contribution in [0.5, 0.6) is 0 Å². The van der Waals surface area contributed by atoms with Crippen molar-refractivity contribution in [3.8, 4) is 11.1 Å². The highest BCUT2D eigenvalue weighted by Gasteiger charge is 2.26. The zero-order valence-electron chi connectivity index (χ0n) is 16.1. The largest absolute Gasteiger partial charge is 0.462 e. The summed E-state index contributed by atoms with van der Waals surface area (Å²) in [5, 5.41) is 2.62. The predicted octanol–water partition coefficient (Wildman–Crippen LogP) is 6.99. The van der Waals surface area contributed by atoms with Crippen LogP contribution < -0.4 is 0 Å².